The van der Waals surface area contributed by atoms with Crippen molar-refractivity contribution < 1.29 is 23.2 Å². The van der Waals surface area contributed by atoms with Gasteiger partial charge in [0.25, 0.3) is 13.4 Å². The summed E-state index contributed by atoms with van der Waals surface area (Å²) in [5.41, 5.74) is 15.3. The second-order valence-electron chi connectivity index (χ2n) is 33.5. The zero-order valence-corrected chi connectivity index (χ0v) is 66.2. The monoisotopic (exact) mass is 1500 g/mol. The molecule has 6 nitrogen and oxygen atoms in total. The van der Waals surface area contributed by atoms with E-state index in [1.165, 1.54) is 0 Å². The van der Waals surface area contributed by atoms with Crippen LogP contribution in [-0.2, 0) is 16.2 Å². The maximum absolute atomic E-state index is 12.2. The average molecular weight is 1510 g/mol. The Kier molecular flexibility index (Phi) is 14.8. The molecule has 0 amide bonds. The summed E-state index contributed by atoms with van der Waals surface area (Å²) in [6.07, 6.45) is 0. The molecule has 4 aliphatic rings. The van der Waals surface area contributed by atoms with Gasteiger partial charge in [-0.05, 0) is 197 Å². The number of rotatable bonds is 13. The Morgan fingerprint density at radius 3 is 0.966 bits per heavy atom. The minimum absolute atomic E-state index is 0.00370. The van der Waals surface area contributed by atoms with Gasteiger partial charge in [0.2, 0.25) is 0 Å². The van der Waals surface area contributed by atoms with Crippen LogP contribution in [0.2, 0.25) is 0 Å². The minimum atomic E-state index is -1.51. The van der Waals surface area contributed by atoms with Gasteiger partial charge in [-0.2, -0.15) is 0 Å². The first-order valence-corrected chi connectivity index (χ1v) is 39.9. The van der Waals surface area contributed by atoms with Gasteiger partial charge >= 0.3 is 0 Å². The number of benzene rings is 16. The summed E-state index contributed by atoms with van der Waals surface area (Å²) in [7, 11) is 0. The molecule has 0 radical (unpaired) electrons. The van der Waals surface area contributed by atoms with Crippen LogP contribution in [0.3, 0.4) is 0 Å². The molecule has 0 aliphatic carbocycles. The van der Waals surface area contributed by atoms with E-state index in [9.17, 15) is 13.7 Å². The summed E-state index contributed by atoms with van der Waals surface area (Å²) < 4.78 is 128. The lowest BCUT2D eigenvalue weighted by Gasteiger charge is -2.48. The van der Waals surface area contributed by atoms with Crippen molar-refractivity contribution in [2.75, 3.05) is 19.6 Å². The van der Waals surface area contributed by atoms with Crippen LogP contribution in [0.1, 0.15) is 92.7 Å². The van der Waals surface area contributed by atoms with Gasteiger partial charge in [0.15, 0.2) is 0 Å². The average Bonchev–Trinajstić information content (AvgIpc) is 0.662. The molecule has 0 bridgehead atoms. The van der Waals surface area contributed by atoms with Crippen molar-refractivity contribution in [1.82, 2.24) is 0 Å². The largest absolute Gasteiger partial charge is 0.459 e. The zero-order valence-electron chi connectivity index (χ0n) is 76.2. The Balaban J connectivity index is 1.03. The highest BCUT2D eigenvalue weighted by molar-refractivity contribution is 7.03. The Hall–Kier alpha value is -13.6. The van der Waals surface area contributed by atoms with Crippen LogP contribution in [-0.4, -0.2) is 13.4 Å². The van der Waals surface area contributed by atoms with E-state index in [1.54, 1.807) is 9.80 Å². The smallest absolute Gasteiger partial charge is 0.260 e. The van der Waals surface area contributed by atoms with Crippen molar-refractivity contribution in [2.24, 2.45) is 0 Å². The summed E-state index contributed by atoms with van der Waals surface area (Å²) in [6.45, 7) is 17.0. The number of para-hydroxylation sites is 4. The van der Waals surface area contributed by atoms with Gasteiger partial charge in [-0.3, -0.25) is 0 Å². The molecule has 116 heavy (non-hydrogen) atoms. The van der Waals surface area contributed by atoms with Crippen LogP contribution in [0.15, 0.2) is 370 Å². The summed E-state index contributed by atoms with van der Waals surface area (Å²) in [5, 5.41) is 0. The van der Waals surface area contributed by atoms with E-state index in [4.69, 9.17) is 9.47 Å². The van der Waals surface area contributed by atoms with Crippen LogP contribution < -0.4 is 61.9 Å². The quantitative estimate of drug-likeness (QED) is 0.107. The third-order valence-corrected chi connectivity index (χ3v) is 23.0. The number of hydrogen-bond acceptors (Lipinski definition) is 6. The number of anilines is 12. The first-order chi connectivity index (χ1) is 60.7. The summed E-state index contributed by atoms with van der Waals surface area (Å²) >= 11 is 0. The Bertz CT molecular complexity index is 6870. The van der Waals surface area contributed by atoms with Crippen LogP contribution in [0.4, 0.5) is 68.2 Å². The molecule has 0 saturated carbocycles. The third kappa shape index (κ3) is 12.4. The standard InChI is InChI=1S/C108H88B2N4O2/c1-106(2,3)77-62-86(72-39-21-11-22-40-72)103(87(63-77)73-41-23-12-24-42-73)113-93-61-76(71-37-19-10-20-38-71)55-58-90(93)110-100-94(113)66-79(108(7,8)9)67-95(100)114(104-88(74-43-25-13-26-44-74)64-78(107(4,5)6)65-89(104)75-45-27-14-28-46-75)96-70-99-102-105(101(96)110)116-98-69-85(112(82-51-33-17-34-52-82)83-53-35-18-36-54-83)57-60-92(98)109(102)91-59-56-84(68-97(91)115-99)111(80-47-29-15-30-48-80)81-49-31-16-32-50-81/h10-70H,1-9H3/i55D,56D,57D,58D,59D,60D,61D,68D,69D,70D. The lowest BCUT2D eigenvalue weighted by Crippen LogP contribution is -2.65. The van der Waals surface area contributed by atoms with Gasteiger partial charge in [-0.25, -0.2) is 0 Å². The minimum Gasteiger partial charge on any atom is -0.459 e. The van der Waals surface area contributed by atoms with Crippen molar-refractivity contribution in [3.63, 3.8) is 0 Å². The van der Waals surface area contributed by atoms with Gasteiger partial charge in [0.05, 0.1) is 25.1 Å². The summed E-state index contributed by atoms with van der Waals surface area (Å²) in [5.74, 6) is -0.462. The molecule has 0 saturated heterocycles. The van der Waals surface area contributed by atoms with E-state index in [0.29, 0.717) is 56.5 Å². The van der Waals surface area contributed by atoms with Gasteiger partial charge in [-0.1, -0.05) is 311 Å². The predicted octanol–water partition coefficient (Wildman–Crippen LogP) is 25.7. The maximum atomic E-state index is 12.2. The fourth-order valence-electron chi connectivity index (χ4n) is 17.2. The molecule has 0 atom stereocenters. The number of fused-ring (bicyclic) bond motifs is 9. The van der Waals surface area contributed by atoms with Crippen LogP contribution in [0, 0.1) is 0 Å². The molecule has 16 aromatic rings. The first-order valence-electron chi connectivity index (χ1n) is 44.9. The second-order valence-corrected chi connectivity index (χ2v) is 33.5. The maximum Gasteiger partial charge on any atom is 0.260 e. The Morgan fingerprint density at radius 2 is 0.595 bits per heavy atom. The van der Waals surface area contributed by atoms with Crippen molar-refractivity contribution in [2.45, 2.75) is 78.6 Å². The molecule has 4 heterocycles. The SMILES string of the molecule is [2H]c1c([2H])c(N(c2ccccc2)c2ccccc2)c([2H])c2c1B1c3c([2H])c([2H])c(N(c4ccccc4)c4ccccc4)c([2H])c3Oc3c1c(c([2H])c1c3B3c4c(cc(C(C)(C)C)cc4N1c1c(-c4ccccc4)cc(C(C)(C)C)cc1-c1ccccc1)N(c1c(-c4ccccc4)cc(C(C)(C)C)cc1-c1ccccc1)c1c([2H])c(-c4ccccc4)c([2H])c([2H])c13)O2. The lowest BCUT2D eigenvalue weighted by molar-refractivity contribution is 0.467. The number of hydrogen-bond donors (Lipinski definition) is 0. The van der Waals surface area contributed by atoms with Crippen LogP contribution in [0.25, 0.3) is 55.6 Å². The molecule has 558 valence electrons. The Labute approximate surface area is 697 Å². The third-order valence-electron chi connectivity index (χ3n) is 23.0. The normalized spacial score (nSPS) is 14.1. The van der Waals surface area contributed by atoms with Crippen molar-refractivity contribution in [3.8, 4) is 78.6 Å². The van der Waals surface area contributed by atoms with Gasteiger partial charge in [-0.15, -0.1) is 0 Å². The van der Waals surface area contributed by atoms with Gasteiger partial charge < -0.3 is 29.1 Å². The highest BCUT2D eigenvalue weighted by Crippen LogP contribution is 2.57. The molecule has 20 rings (SSSR count). The summed E-state index contributed by atoms with van der Waals surface area (Å²) in [6, 6.07) is 99.0. The molecule has 0 N–H and O–H groups in total. The highest BCUT2D eigenvalue weighted by Gasteiger charge is 2.52. The van der Waals surface area contributed by atoms with Crippen molar-refractivity contribution in [3.05, 3.63) is 386 Å². The van der Waals surface area contributed by atoms with E-state index < -0.39 is 29.7 Å². The predicted molar refractivity (Wildman–Crippen MR) is 491 cm³/mol. The van der Waals surface area contributed by atoms with Crippen LogP contribution in [0.5, 0.6) is 23.0 Å². The van der Waals surface area contributed by atoms with E-state index in [1.807, 2.05) is 224 Å². The van der Waals surface area contributed by atoms with Gasteiger partial charge in [0, 0.05) is 103 Å². The lowest BCUT2D eigenvalue weighted by atomic mass is 9.30. The molecule has 8 heteroatoms. The molecule has 4 aliphatic heterocycles. The molecular weight excluding hydrogens is 1410 g/mol. The Morgan fingerprint density at radius 1 is 0.267 bits per heavy atom. The van der Waals surface area contributed by atoms with Crippen molar-refractivity contribution in [1.29, 1.82) is 0 Å². The van der Waals surface area contributed by atoms with E-state index in [-0.39, 0.29) is 139 Å². The topological polar surface area (TPSA) is 31.4 Å². The summed E-state index contributed by atoms with van der Waals surface area (Å²) in [4.78, 5) is 7.97. The van der Waals surface area contributed by atoms with Crippen LogP contribution >= 0.6 is 0 Å². The molecule has 0 aromatic heterocycles. The molecule has 16 aromatic carbocycles. The molecular formula is C108H88B2N4O2. The number of nitrogens with zero attached hydrogens (tertiary/aromatic N) is 4. The zero-order chi connectivity index (χ0) is 87.4. The molecule has 0 unspecified atom stereocenters. The molecule has 0 fully saturated rings. The first kappa shape index (κ1) is 61.0. The number of ether oxygens (including phenoxy) is 2. The van der Waals surface area contributed by atoms with Crippen molar-refractivity contribution >= 4 is 114 Å². The van der Waals surface area contributed by atoms with Gasteiger partial charge in [0.1, 0.15) is 23.0 Å². The molecule has 0 spiro atoms. The highest BCUT2D eigenvalue weighted by atomic mass is 16.5. The van der Waals surface area contributed by atoms with E-state index >= 15 is 0 Å². The fraction of sp³-hybridized carbons (Fsp3) is 0.111. The van der Waals surface area contributed by atoms with E-state index in [0.717, 1.165) is 61.2 Å². The van der Waals surface area contributed by atoms with E-state index in [2.05, 4.69) is 157 Å². The second kappa shape index (κ2) is 28.2. The fourth-order valence-corrected chi connectivity index (χ4v) is 17.2.